The van der Waals surface area contributed by atoms with Gasteiger partial charge in [0, 0.05) is 14.2 Å². The Morgan fingerprint density at radius 3 is 1.78 bits per heavy atom. The van der Waals surface area contributed by atoms with E-state index >= 15 is 0 Å². The zero-order valence-corrected chi connectivity index (χ0v) is 24.1. The van der Waals surface area contributed by atoms with Crippen molar-refractivity contribution in [3.63, 3.8) is 0 Å². The number of rotatable bonds is 16. The van der Waals surface area contributed by atoms with E-state index < -0.39 is 11.9 Å². The van der Waals surface area contributed by atoms with Gasteiger partial charge in [0.25, 0.3) is 0 Å². The predicted octanol–water partition coefficient (Wildman–Crippen LogP) is 6.13. The van der Waals surface area contributed by atoms with Gasteiger partial charge < -0.3 is 23.7 Å². The molecule has 0 amide bonds. The highest BCUT2D eigenvalue weighted by Crippen LogP contribution is 2.29. The summed E-state index contributed by atoms with van der Waals surface area (Å²) >= 11 is 0. The minimum atomic E-state index is -0.485. The summed E-state index contributed by atoms with van der Waals surface area (Å²) in [5, 5.41) is 0. The van der Waals surface area contributed by atoms with Gasteiger partial charge in [-0.3, -0.25) is 0 Å². The fraction of sp³-hybridized carbons (Fsp3) is 0.294. The Balaban J connectivity index is 1.49. The fourth-order valence-electron chi connectivity index (χ4n) is 4.20. The zero-order chi connectivity index (χ0) is 29.6. The van der Waals surface area contributed by atoms with E-state index in [4.69, 9.17) is 23.7 Å². The van der Waals surface area contributed by atoms with Crippen LogP contribution in [0.25, 0.3) is 22.3 Å². The van der Waals surface area contributed by atoms with Crippen LogP contribution in [0.15, 0.2) is 91.0 Å². The number of carbonyl (C=O) groups is 2. The molecule has 216 valence electrons. The van der Waals surface area contributed by atoms with E-state index in [0.29, 0.717) is 17.9 Å². The third kappa shape index (κ3) is 9.74. The minimum absolute atomic E-state index is 0.131. The number of benzene rings is 3. The second-order valence-electron chi connectivity index (χ2n) is 9.55. The fourth-order valence-corrected chi connectivity index (χ4v) is 4.20. The van der Waals surface area contributed by atoms with Crippen LogP contribution in [0.5, 0.6) is 5.75 Å². The van der Waals surface area contributed by atoms with Crippen molar-refractivity contribution in [2.75, 3.05) is 47.3 Å². The third-order valence-electron chi connectivity index (χ3n) is 6.32. The number of hydrogen-bond acceptors (Lipinski definition) is 7. The van der Waals surface area contributed by atoms with Crippen molar-refractivity contribution in [1.82, 2.24) is 0 Å². The molecule has 0 unspecified atom stereocenters. The smallest absolute Gasteiger partial charge is 0.335 e. The predicted molar refractivity (Wildman–Crippen MR) is 160 cm³/mol. The lowest BCUT2D eigenvalue weighted by Crippen LogP contribution is -2.15. The second kappa shape index (κ2) is 16.2. The molecule has 0 aromatic heterocycles. The van der Waals surface area contributed by atoms with E-state index in [1.165, 1.54) is 30.9 Å². The molecule has 0 bridgehead atoms. The number of esters is 2. The summed E-state index contributed by atoms with van der Waals surface area (Å²) in [4.78, 5) is 23.5. The van der Waals surface area contributed by atoms with Crippen molar-refractivity contribution in [3.8, 4) is 28.0 Å². The lowest BCUT2D eigenvalue weighted by molar-refractivity contribution is -0.140. The molecule has 0 spiro atoms. The van der Waals surface area contributed by atoms with Crippen LogP contribution in [-0.4, -0.2) is 59.2 Å². The first kappa shape index (κ1) is 31.3. The maximum absolute atomic E-state index is 11.8. The Labute approximate surface area is 242 Å². The van der Waals surface area contributed by atoms with Crippen LogP contribution in [0.2, 0.25) is 0 Å². The summed E-state index contributed by atoms with van der Waals surface area (Å²) < 4.78 is 25.8. The number of hydrogen-bond donors (Lipinski definition) is 0. The van der Waals surface area contributed by atoms with Crippen molar-refractivity contribution in [2.45, 2.75) is 19.8 Å². The Bertz CT molecular complexity index is 1320. The van der Waals surface area contributed by atoms with E-state index in [9.17, 15) is 9.59 Å². The second-order valence-corrected chi connectivity index (χ2v) is 9.55. The maximum Gasteiger partial charge on any atom is 0.335 e. The first-order valence-corrected chi connectivity index (χ1v) is 13.4. The monoisotopic (exact) mass is 558 g/mol. The maximum atomic E-state index is 11.8. The first-order valence-electron chi connectivity index (χ1n) is 13.4. The molecule has 0 N–H and O–H groups in total. The van der Waals surface area contributed by atoms with Gasteiger partial charge in [0.15, 0.2) is 0 Å². The lowest BCUT2D eigenvalue weighted by atomic mass is 9.95. The van der Waals surface area contributed by atoms with Gasteiger partial charge >= 0.3 is 11.9 Å². The van der Waals surface area contributed by atoms with E-state index in [2.05, 4.69) is 62.5 Å². The molecule has 0 fully saturated rings. The molecule has 0 radical (unpaired) electrons. The topological polar surface area (TPSA) is 80.3 Å². The zero-order valence-electron chi connectivity index (χ0n) is 24.1. The molecule has 41 heavy (non-hydrogen) atoms. The normalized spacial score (nSPS) is 10.6. The van der Waals surface area contributed by atoms with Crippen LogP contribution in [0.3, 0.4) is 0 Å². The number of aryl methyl sites for hydroxylation is 2. The standard InChI is InChI=1S/C34H38O7/c1-24-21-27(7-6-18-40-33(35)25(2)22-37-4)8-17-32(24)30-11-9-28(10-12-30)29-13-15-31(16-14-29)39-19-20-41-34(36)26(3)23-38-5/h8-17,21H,2-3,6-7,18-20,22-23H2,1,4-5H3. The summed E-state index contributed by atoms with van der Waals surface area (Å²) in [6.45, 7) is 10.4. The quantitative estimate of drug-likeness (QED) is 0.119. The molecule has 7 nitrogen and oxygen atoms in total. The average molecular weight is 559 g/mol. The Morgan fingerprint density at radius 2 is 1.22 bits per heavy atom. The summed E-state index contributed by atoms with van der Waals surface area (Å²) in [7, 11) is 3.02. The van der Waals surface area contributed by atoms with Gasteiger partial charge in [0.1, 0.15) is 19.0 Å². The molecule has 3 aromatic rings. The molecule has 0 atom stereocenters. The summed E-state index contributed by atoms with van der Waals surface area (Å²) in [5.41, 5.74) is 7.48. The molecule has 0 heterocycles. The Morgan fingerprint density at radius 1 is 0.683 bits per heavy atom. The molecule has 0 saturated heterocycles. The number of carbonyl (C=O) groups excluding carboxylic acids is 2. The van der Waals surface area contributed by atoms with E-state index in [0.717, 1.165) is 29.5 Å². The van der Waals surface area contributed by atoms with E-state index in [1.807, 2.05) is 24.3 Å². The Hall–Kier alpha value is -4.20. The lowest BCUT2D eigenvalue weighted by Gasteiger charge is -2.11. The molecule has 0 aliphatic rings. The molecule has 0 aliphatic heterocycles. The summed E-state index contributed by atoms with van der Waals surface area (Å²) in [6.07, 6.45) is 1.56. The van der Waals surface area contributed by atoms with Gasteiger partial charge in [0.2, 0.25) is 0 Å². The SMILES string of the molecule is C=C(COC)C(=O)OCCCc1ccc(-c2ccc(-c3ccc(OCCOC(=O)C(=C)COC)cc3)cc2)c(C)c1. The van der Waals surface area contributed by atoms with Gasteiger partial charge in [-0.05, 0) is 65.3 Å². The van der Waals surface area contributed by atoms with Crippen LogP contribution >= 0.6 is 0 Å². The van der Waals surface area contributed by atoms with Crippen molar-refractivity contribution in [3.05, 3.63) is 102 Å². The van der Waals surface area contributed by atoms with Gasteiger partial charge in [-0.25, -0.2) is 9.59 Å². The first-order chi connectivity index (χ1) is 19.8. The van der Waals surface area contributed by atoms with Gasteiger partial charge in [-0.15, -0.1) is 0 Å². The summed E-state index contributed by atoms with van der Waals surface area (Å²) in [6, 6.07) is 22.7. The van der Waals surface area contributed by atoms with Crippen molar-refractivity contribution in [1.29, 1.82) is 0 Å². The van der Waals surface area contributed by atoms with Crippen molar-refractivity contribution in [2.24, 2.45) is 0 Å². The van der Waals surface area contributed by atoms with Gasteiger partial charge in [-0.2, -0.15) is 0 Å². The minimum Gasteiger partial charge on any atom is -0.490 e. The van der Waals surface area contributed by atoms with Crippen LogP contribution in [0.1, 0.15) is 17.5 Å². The molecular formula is C34H38O7. The molecular weight excluding hydrogens is 520 g/mol. The Kier molecular flexibility index (Phi) is 12.3. The van der Waals surface area contributed by atoms with Crippen LogP contribution in [0, 0.1) is 6.92 Å². The highest BCUT2D eigenvalue weighted by atomic mass is 16.6. The molecule has 0 saturated carbocycles. The van der Waals surface area contributed by atoms with Crippen LogP contribution < -0.4 is 4.74 Å². The van der Waals surface area contributed by atoms with Gasteiger partial charge in [-0.1, -0.05) is 67.8 Å². The third-order valence-corrected chi connectivity index (χ3v) is 6.32. The van der Waals surface area contributed by atoms with Crippen LogP contribution in [0.4, 0.5) is 0 Å². The largest absolute Gasteiger partial charge is 0.490 e. The van der Waals surface area contributed by atoms with Crippen molar-refractivity contribution >= 4 is 11.9 Å². The van der Waals surface area contributed by atoms with Crippen molar-refractivity contribution < 1.29 is 33.3 Å². The highest BCUT2D eigenvalue weighted by molar-refractivity contribution is 5.88. The van der Waals surface area contributed by atoms with Gasteiger partial charge in [0.05, 0.1) is 31.0 Å². The number of ether oxygens (including phenoxy) is 5. The highest BCUT2D eigenvalue weighted by Gasteiger charge is 2.10. The molecule has 3 rings (SSSR count). The number of methoxy groups -OCH3 is 2. The average Bonchev–Trinajstić information content (AvgIpc) is 2.98. The molecule has 0 aliphatic carbocycles. The van der Waals surface area contributed by atoms with Crippen LogP contribution in [-0.2, 0) is 35.0 Å². The van der Waals surface area contributed by atoms with E-state index in [-0.39, 0.29) is 32.0 Å². The van der Waals surface area contributed by atoms with E-state index in [1.54, 1.807) is 0 Å². The molecule has 7 heteroatoms. The molecule has 3 aromatic carbocycles. The summed E-state index contributed by atoms with van der Waals surface area (Å²) in [5.74, 6) is -0.198.